The summed E-state index contributed by atoms with van der Waals surface area (Å²) in [4.78, 5) is 25.0. The molecule has 0 aromatic carbocycles. The molecule has 26 heavy (non-hydrogen) atoms. The lowest BCUT2D eigenvalue weighted by Crippen LogP contribution is -2.36. The van der Waals surface area contributed by atoms with Gasteiger partial charge >= 0.3 is 11.9 Å². The zero-order valence-electron chi connectivity index (χ0n) is 17.6. The van der Waals surface area contributed by atoms with Gasteiger partial charge in [0.2, 0.25) is 0 Å². The van der Waals surface area contributed by atoms with Crippen molar-refractivity contribution < 1.29 is 19.1 Å². The summed E-state index contributed by atoms with van der Waals surface area (Å²) >= 11 is 0. The van der Waals surface area contributed by atoms with Crippen LogP contribution in [0.5, 0.6) is 0 Å². The van der Waals surface area contributed by atoms with Crippen molar-refractivity contribution in [3.05, 3.63) is 0 Å². The average molecular weight is 369 g/mol. The van der Waals surface area contributed by atoms with E-state index in [2.05, 4.69) is 34.6 Å². The van der Waals surface area contributed by atoms with Crippen LogP contribution in [0.15, 0.2) is 0 Å². The maximum Gasteiger partial charge on any atom is 0.309 e. The van der Waals surface area contributed by atoms with Gasteiger partial charge in [0.1, 0.15) is 0 Å². The minimum atomic E-state index is -0.330. The molecule has 0 amide bonds. The number of hydrogen-bond acceptors (Lipinski definition) is 4. The van der Waals surface area contributed by atoms with E-state index < -0.39 is 0 Å². The molecule has 3 atom stereocenters. The fourth-order valence-electron chi connectivity index (χ4n) is 3.24. The molecule has 1 aliphatic rings. The lowest BCUT2D eigenvalue weighted by Gasteiger charge is -2.30. The summed E-state index contributed by atoms with van der Waals surface area (Å²) < 4.78 is 11.0. The molecule has 4 heteroatoms. The Kier molecular flexibility index (Phi) is 10.3. The zero-order chi connectivity index (χ0) is 19.6. The third-order valence-electron chi connectivity index (χ3n) is 5.82. The molecule has 152 valence electrons. The number of hydrogen-bond donors (Lipinski definition) is 0. The highest BCUT2D eigenvalue weighted by Crippen LogP contribution is 2.33. The molecule has 0 spiro atoms. The van der Waals surface area contributed by atoms with Crippen LogP contribution in [-0.2, 0) is 19.1 Å². The molecule has 4 nitrogen and oxygen atoms in total. The predicted octanol–water partition coefficient (Wildman–Crippen LogP) is 5.53. The summed E-state index contributed by atoms with van der Waals surface area (Å²) in [5.74, 6) is -0.791. The van der Waals surface area contributed by atoms with Gasteiger partial charge in [-0.2, -0.15) is 0 Å². The Hall–Kier alpha value is -1.06. The molecule has 0 bridgehead atoms. The number of esters is 2. The van der Waals surface area contributed by atoms with E-state index >= 15 is 0 Å². The van der Waals surface area contributed by atoms with E-state index in [1.165, 1.54) is 19.3 Å². The summed E-state index contributed by atoms with van der Waals surface area (Å²) in [5.41, 5.74) is 0.100. The largest absolute Gasteiger partial charge is 0.465 e. The molecule has 1 aliphatic carbocycles. The fourth-order valence-corrected chi connectivity index (χ4v) is 3.24. The van der Waals surface area contributed by atoms with Gasteiger partial charge in [0, 0.05) is 0 Å². The second-order valence-corrected chi connectivity index (χ2v) is 8.98. The van der Waals surface area contributed by atoms with Crippen LogP contribution in [-0.4, -0.2) is 25.2 Å². The van der Waals surface area contributed by atoms with Crippen molar-refractivity contribution in [2.75, 3.05) is 13.2 Å². The van der Waals surface area contributed by atoms with Gasteiger partial charge in [-0.15, -0.1) is 0 Å². The van der Waals surface area contributed by atoms with Gasteiger partial charge in [-0.05, 0) is 30.6 Å². The molecule has 0 aromatic rings. The summed E-state index contributed by atoms with van der Waals surface area (Å²) in [6.07, 6.45) is 9.09. The highest BCUT2D eigenvalue weighted by Gasteiger charge is 2.38. The molecule has 3 unspecified atom stereocenters. The summed E-state index contributed by atoms with van der Waals surface area (Å²) in [6, 6.07) is 0. The Morgan fingerprint density at radius 3 is 2.00 bits per heavy atom. The van der Waals surface area contributed by atoms with Gasteiger partial charge in [-0.25, -0.2) is 0 Å². The maximum atomic E-state index is 12.6. The Bertz CT molecular complexity index is 424. The molecule has 0 radical (unpaired) electrons. The van der Waals surface area contributed by atoms with Crippen molar-refractivity contribution in [3.63, 3.8) is 0 Å². The van der Waals surface area contributed by atoms with Gasteiger partial charge in [-0.3, -0.25) is 9.59 Å². The van der Waals surface area contributed by atoms with Crippen LogP contribution in [0.1, 0.15) is 92.4 Å². The highest BCUT2D eigenvalue weighted by atomic mass is 16.5. The zero-order valence-corrected chi connectivity index (χ0v) is 17.6. The Morgan fingerprint density at radius 2 is 1.46 bits per heavy atom. The molecule has 0 saturated heterocycles. The van der Waals surface area contributed by atoms with Crippen LogP contribution in [0.4, 0.5) is 0 Å². The van der Waals surface area contributed by atoms with Crippen LogP contribution in [0.2, 0.25) is 0 Å². The van der Waals surface area contributed by atoms with Crippen molar-refractivity contribution in [1.82, 2.24) is 0 Å². The van der Waals surface area contributed by atoms with Gasteiger partial charge in [0.25, 0.3) is 0 Å². The van der Waals surface area contributed by atoms with Crippen LogP contribution >= 0.6 is 0 Å². The van der Waals surface area contributed by atoms with E-state index in [1.807, 2.05) is 0 Å². The maximum absolute atomic E-state index is 12.6. The van der Waals surface area contributed by atoms with Crippen molar-refractivity contribution in [3.8, 4) is 0 Å². The first-order valence-electron chi connectivity index (χ1n) is 10.6. The number of carbonyl (C=O) groups excluding carboxylic acids is 2. The third kappa shape index (κ3) is 8.09. The summed E-state index contributed by atoms with van der Waals surface area (Å²) in [7, 11) is 0. The molecule has 1 fully saturated rings. The van der Waals surface area contributed by atoms with E-state index in [4.69, 9.17) is 9.47 Å². The lowest BCUT2D eigenvalue weighted by atomic mass is 9.79. The van der Waals surface area contributed by atoms with E-state index in [9.17, 15) is 9.59 Å². The third-order valence-corrected chi connectivity index (χ3v) is 5.82. The van der Waals surface area contributed by atoms with Gasteiger partial charge in [-0.1, -0.05) is 73.1 Å². The first kappa shape index (κ1) is 23.0. The monoisotopic (exact) mass is 368 g/mol. The van der Waals surface area contributed by atoms with Crippen molar-refractivity contribution in [1.29, 1.82) is 0 Å². The lowest BCUT2D eigenvalue weighted by molar-refractivity contribution is -0.164. The average Bonchev–Trinajstić information content (AvgIpc) is 2.61. The molecule has 0 heterocycles. The number of unbranched alkanes of at least 4 members (excludes halogenated alkanes) is 4. The van der Waals surface area contributed by atoms with Crippen LogP contribution < -0.4 is 0 Å². The predicted molar refractivity (Wildman–Crippen MR) is 105 cm³/mol. The van der Waals surface area contributed by atoms with E-state index in [-0.39, 0.29) is 35.1 Å². The molecular formula is C22H40O4. The van der Waals surface area contributed by atoms with Crippen LogP contribution in [0.25, 0.3) is 0 Å². The second-order valence-electron chi connectivity index (χ2n) is 8.98. The summed E-state index contributed by atoms with van der Waals surface area (Å²) in [6.45, 7) is 11.6. The van der Waals surface area contributed by atoms with E-state index in [0.717, 1.165) is 38.5 Å². The Labute approximate surface area is 160 Å². The van der Waals surface area contributed by atoms with Gasteiger partial charge < -0.3 is 9.47 Å². The topological polar surface area (TPSA) is 52.6 Å². The molecule has 0 aliphatic heterocycles. The van der Waals surface area contributed by atoms with Crippen molar-refractivity contribution in [2.45, 2.75) is 92.4 Å². The fraction of sp³-hybridized carbons (Fsp3) is 0.909. The van der Waals surface area contributed by atoms with Crippen molar-refractivity contribution in [2.24, 2.45) is 23.2 Å². The molecule has 1 saturated carbocycles. The Morgan fingerprint density at radius 1 is 0.923 bits per heavy atom. The van der Waals surface area contributed by atoms with Crippen LogP contribution in [0.3, 0.4) is 0 Å². The normalized spacial score (nSPS) is 21.9. The second kappa shape index (κ2) is 11.6. The van der Waals surface area contributed by atoms with Gasteiger partial charge in [0.05, 0.1) is 25.0 Å². The first-order chi connectivity index (χ1) is 12.3. The molecular weight excluding hydrogens is 328 g/mol. The van der Waals surface area contributed by atoms with E-state index in [0.29, 0.717) is 13.2 Å². The highest BCUT2D eigenvalue weighted by molar-refractivity contribution is 5.82. The number of carbonyl (C=O) groups is 2. The molecule has 0 aromatic heterocycles. The van der Waals surface area contributed by atoms with Crippen LogP contribution in [0, 0.1) is 23.2 Å². The smallest absolute Gasteiger partial charge is 0.309 e. The number of ether oxygens (including phenoxy) is 2. The minimum Gasteiger partial charge on any atom is -0.465 e. The minimum absolute atomic E-state index is 0.100. The Balaban J connectivity index is 2.44. The molecule has 1 rings (SSSR count). The standard InChI is InChI=1S/C22H40O4/c1-6-7-8-9-12-15-25-20(23)18-13-10-11-14-19(18)21(24)26-16-17(2)22(3,4)5/h17-19H,6-16H2,1-5H3. The van der Waals surface area contributed by atoms with Crippen molar-refractivity contribution >= 4 is 11.9 Å². The molecule has 0 N–H and O–H groups in total. The number of rotatable bonds is 10. The summed E-state index contributed by atoms with van der Waals surface area (Å²) in [5, 5.41) is 0. The quantitative estimate of drug-likeness (QED) is 0.376. The van der Waals surface area contributed by atoms with E-state index in [1.54, 1.807) is 0 Å². The first-order valence-corrected chi connectivity index (χ1v) is 10.6. The van der Waals surface area contributed by atoms with Gasteiger partial charge in [0.15, 0.2) is 0 Å². The SMILES string of the molecule is CCCCCCCOC(=O)C1CCCCC1C(=O)OCC(C)C(C)(C)C.